The molecule has 2 rings (SSSR count). The molecule has 1 aromatic rings. The van der Waals surface area contributed by atoms with E-state index in [1.165, 1.54) is 6.07 Å². The standard InChI is InChI=1S/C11H15NO3Si/c1-16(2,3)11-10(15-11)8-6-4-5-7-9(8)12(13)14/h4-7,10-11H,1-3H3. The summed E-state index contributed by atoms with van der Waals surface area (Å²) in [6.07, 6.45) is -0.0618. The predicted molar refractivity (Wildman–Crippen MR) is 64.1 cm³/mol. The maximum absolute atomic E-state index is 10.9. The Labute approximate surface area is 95.4 Å². The highest BCUT2D eigenvalue weighted by molar-refractivity contribution is 6.78. The van der Waals surface area contributed by atoms with Crippen molar-refractivity contribution in [2.45, 2.75) is 31.5 Å². The van der Waals surface area contributed by atoms with Crippen molar-refractivity contribution in [3.05, 3.63) is 39.9 Å². The van der Waals surface area contributed by atoms with Crippen LogP contribution in [0.15, 0.2) is 24.3 Å². The molecule has 0 N–H and O–H groups in total. The van der Waals surface area contributed by atoms with Gasteiger partial charge in [-0.3, -0.25) is 10.1 Å². The van der Waals surface area contributed by atoms with Crippen LogP contribution in [-0.4, -0.2) is 18.7 Å². The Kier molecular flexibility index (Phi) is 2.59. The first-order valence-corrected chi connectivity index (χ1v) is 8.88. The first kappa shape index (κ1) is 11.3. The normalized spacial score (nSPS) is 24.2. The molecular formula is C11H15NO3Si. The fraction of sp³-hybridized carbons (Fsp3) is 0.455. The molecule has 86 valence electrons. The SMILES string of the molecule is C[Si](C)(C)C1OC1c1ccccc1[N+](=O)[O-]. The third-order valence-corrected chi connectivity index (χ3v) is 4.93. The van der Waals surface area contributed by atoms with Gasteiger partial charge >= 0.3 is 0 Å². The predicted octanol–water partition coefficient (Wildman–Crippen LogP) is 2.91. The Morgan fingerprint density at radius 2 is 1.94 bits per heavy atom. The van der Waals surface area contributed by atoms with Crippen LogP contribution in [0.3, 0.4) is 0 Å². The minimum absolute atomic E-state index is 0.0618. The van der Waals surface area contributed by atoms with E-state index >= 15 is 0 Å². The van der Waals surface area contributed by atoms with E-state index in [2.05, 4.69) is 19.6 Å². The minimum Gasteiger partial charge on any atom is -0.368 e. The van der Waals surface area contributed by atoms with Gasteiger partial charge < -0.3 is 4.74 Å². The van der Waals surface area contributed by atoms with Crippen LogP contribution in [0.25, 0.3) is 0 Å². The Hall–Kier alpha value is -1.20. The van der Waals surface area contributed by atoms with Gasteiger partial charge in [-0.1, -0.05) is 31.8 Å². The molecular weight excluding hydrogens is 222 g/mol. The maximum Gasteiger partial charge on any atom is 0.275 e. The van der Waals surface area contributed by atoms with Crippen molar-refractivity contribution < 1.29 is 9.66 Å². The van der Waals surface area contributed by atoms with E-state index < -0.39 is 8.07 Å². The quantitative estimate of drug-likeness (QED) is 0.351. The molecule has 1 fully saturated rings. The average Bonchev–Trinajstić information content (AvgIpc) is 2.96. The number of nitro benzene ring substituents is 1. The van der Waals surface area contributed by atoms with Crippen molar-refractivity contribution in [3.63, 3.8) is 0 Å². The fourth-order valence-electron chi connectivity index (χ4n) is 1.90. The third-order valence-electron chi connectivity index (χ3n) is 2.79. The molecule has 4 nitrogen and oxygen atoms in total. The van der Waals surface area contributed by atoms with Crippen LogP contribution in [0.1, 0.15) is 11.7 Å². The molecule has 0 aromatic heterocycles. The molecule has 2 atom stereocenters. The molecule has 5 heteroatoms. The molecule has 0 saturated carbocycles. The van der Waals surface area contributed by atoms with E-state index in [1.54, 1.807) is 12.1 Å². The van der Waals surface area contributed by atoms with Gasteiger partial charge in [-0.15, -0.1) is 0 Å². The fourth-order valence-corrected chi connectivity index (χ4v) is 3.54. The second-order valence-electron chi connectivity index (χ2n) is 5.16. The molecule has 1 saturated heterocycles. The van der Waals surface area contributed by atoms with Crippen molar-refractivity contribution >= 4 is 13.8 Å². The Balaban J connectivity index is 2.27. The zero-order chi connectivity index (χ0) is 11.9. The topological polar surface area (TPSA) is 55.7 Å². The van der Waals surface area contributed by atoms with Gasteiger partial charge in [0, 0.05) is 6.07 Å². The van der Waals surface area contributed by atoms with Crippen LogP contribution >= 0.6 is 0 Å². The number of nitrogens with zero attached hydrogens (tertiary/aromatic N) is 1. The number of epoxide rings is 1. The van der Waals surface area contributed by atoms with Gasteiger partial charge in [0.05, 0.1) is 24.3 Å². The molecule has 2 unspecified atom stereocenters. The molecule has 1 heterocycles. The van der Waals surface area contributed by atoms with Gasteiger partial charge in [-0.2, -0.15) is 0 Å². The van der Waals surface area contributed by atoms with E-state index in [1.807, 2.05) is 6.07 Å². The number of benzene rings is 1. The lowest BCUT2D eigenvalue weighted by Crippen LogP contribution is -2.29. The van der Waals surface area contributed by atoms with Gasteiger partial charge in [-0.25, -0.2) is 0 Å². The lowest BCUT2D eigenvalue weighted by Gasteiger charge is -2.11. The summed E-state index contributed by atoms with van der Waals surface area (Å²) in [4.78, 5) is 10.5. The van der Waals surface area contributed by atoms with E-state index in [-0.39, 0.29) is 22.4 Å². The minimum atomic E-state index is -1.37. The van der Waals surface area contributed by atoms with E-state index in [4.69, 9.17) is 4.74 Å². The van der Waals surface area contributed by atoms with Crippen LogP contribution in [-0.2, 0) is 4.74 Å². The van der Waals surface area contributed by atoms with E-state index in [9.17, 15) is 10.1 Å². The van der Waals surface area contributed by atoms with Gasteiger partial charge in [0.15, 0.2) is 0 Å². The summed E-state index contributed by atoms with van der Waals surface area (Å²) < 4.78 is 5.62. The number of nitro groups is 1. The average molecular weight is 237 g/mol. The summed E-state index contributed by atoms with van der Waals surface area (Å²) in [7, 11) is -1.37. The third kappa shape index (κ3) is 2.01. The smallest absolute Gasteiger partial charge is 0.275 e. The number of hydrogen-bond donors (Lipinski definition) is 0. The number of hydrogen-bond acceptors (Lipinski definition) is 3. The van der Waals surface area contributed by atoms with Gasteiger partial charge in [0.2, 0.25) is 0 Å². The van der Waals surface area contributed by atoms with Crippen LogP contribution in [0.4, 0.5) is 5.69 Å². The summed E-state index contributed by atoms with van der Waals surface area (Å²) in [6.45, 7) is 6.64. The van der Waals surface area contributed by atoms with Crippen molar-refractivity contribution in [2.24, 2.45) is 0 Å². The molecule has 0 bridgehead atoms. The summed E-state index contributed by atoms with van der Waals surface area (Å²) in [6, 6.07) is 6.85. The molecule has 1 aliphatic heterocycles. The van der Waals surface area contributed by atoms with Gasteiger partial charge in [0.1, 0.15) is 6.10 Å². The van der Waals surface area contributed by atoms with Gasteiger partial charge in [-0.05, 0) is 6.07 Å². The lowest BCUT2D eigenvalue weighted by molar-refractivity contribution is -0.385. The van der Waals surface area contributed by atoms with Crippen LogP contribution in [0, 0.1) is 10.1 Å². The number of ether oxygens (including phenoxy) is 1. The molecule has 1 aliphatic rings. The summed E-state index contributed by atoms with van der Waals surface area (Å²) in [5.41, 5.74) is 1.11. The Morgan fingerprint density at radius 1 is 1.31 bits per heavy atom. The first-order chi connectivity index (χ1) is 7.41. The second kappa shape index (κ2) is 3.67. The molecule has 0 amide bonds. The molecule has 0 spiro atoms. The van der Waals surface area contributed by atoms with E-state index in [0.717, 1.165) is 5.56 Å². The highest BCUT2D eigenvalue weighted by Gasteiger charge is 2.51. The second-order valence-corrected chi connectivity index (χ2v) is 10.5. The summed E-state index contributed by atoms with van der Waals surface area (Å²) >= 11 is 0. The van der Waals surface area contributed by atoms with Crippen molar-refractivity contribution in [1.29, 1.82) is 0 Å². The lowest BCUT2D eigenvalue weighted by atomic mass is 10.1. The van der Waals surface area contributed by atoms with Crippen molar-refractivity contribution in [2.75, 3.05) is 0 Å². The zero-order valence-electron chi connectivity index (χ0n) is 9.64. The van der Waals surface area contributed by atoms with Crippen LogP contribution in [0.2, 0.25) is 19.6 Å². The molecule has 16 heavy (non-hydrogen) atoms. The number of para-hydroxylation sites is 1. The highest BCUT2D eigenvalue weighted by Crippen LogP contribution is 2.46. The molecule has 0 aliphatic carbocycles. The summed E-state index contributed by atoms with van der Waals surface area (Å²) in [5, 5.41) is 10.9. The summed E-state index contributed by atoms with van der Waals surface area (Å²) in [5.74, 6) is 0. The van der Waals surface area contributed by atoms with E-state index in [0.29, 0.717) is 0 Å². The maximum atomic E-state index is 10.9. The monoisotopic (exact) mass is 237 g/mol. The Bertz CT molecular complexity index is 427. The van der Waals surface area contributed by atoms with Crippen molar-refractivity contribution in [1.82, 2.24) is 0 Å². The largest absolute Gasteiger partial charge is 0.368 e. The highest BCUT2D eigenvalue weighted by atomic mass is 28.3. The van der Waals surface area contributed by atoms with Gasteiger partial charge in [0.25, 0.3) is 5.69 Å². The van der Waals surface area contributed by atoms with Crippen LogP contribution < -0.4 is 0 Å². The molecule has 0 radical (unpaired) electrons. The Morgan fingerprint density at radius 3 is 2.44 bits per heavy atom. The first-order valence-electron chi connectivity index (χ1n) is 5.30. The zero-order valence-corrected chi connectivity index (χ0v) is 10.6. The molecule has 1 aromatic carbocycles. The van der Waals surface area contributed by atoms with Crippen LogP contribution in [0.5, 0.6) is 0 Å². The van der Waals surface area contributed by atoms with Crippen molar-refractivity contribution in [3.8, 4) is 0 Å². The number of rotatable bonds is 3.